The fourth-order valence-electron chi connectivity index (χ4n) is 1.72. The van der Waals surface area contributed by atoms with Crippen LogP contribution in [0.25, 0.3) is 0 Å². The third-order valence-corrected chi connectivity index (χ3v) is 3.31. The van der Waals surface area contributed by atoms with Crippen LogP contribution >= 0.6 is 11.8 Å². The van der Waals surface area contributed by atoms with Crippen LogP contribution in [0, 0.1) is 0 Å². The minimum Gasteiger partial charge on any atom is -0.325 e. The van der Waals surface area contributed by atoms with Gasteiger partial charge >= 0.3 is 0 Å². The number of thioether (sulfide) groups is 1. The number of hydrogen-bond acceptors (Lipinski definition) is 4. The van der Waals surface area contributed by atoms with Gasteiger partial charge in [0.1, 0.15) is 0 Å². The van der Waals surface area contributed by atoms with Crippen molar-refractivity contribution in [1.82, 2.24) is 4.90 Å². The summed E-state index contributed by atoms with van der Waals surface area (Å²) < 4.78 is 0. The van der Waals surface area contributed by atoms with Crippen LogP contribution in [0.1, 0.15) is 12.0 Å². The van der Waals surface area contributed by atoms with Gasteiger partial charge in [-0.15, -0.1) is 0 Å². The summed E-state index contributed by atoms with van der Waals surface area (Å²) in [7, 11) is 4.03. The summed E-state index contributed by atoms with van der Waals surface area (Å²) in [6.45, 7) is 0.849. The molecule has 0 fully saturated rings. The monoisotopic (exact) mass is 281 g/mol. The van der Waals surface area contributed by atoms with E-state index in [0.29, 0.717) is 6.42 Å². The van der Waals surface area contributed by atoms with Crippen LogP contribution in [0.15, 0.2) is 24.3 Å². The summed E-state index contributed by atoms with van der Waals surface area (Å²) in [6, 6.07) is 7.42. The first-order valence-corrected chi connectivity index (χ1v) is 7.71. The van der Waals surface area contributed by atoms with Crippen molar-refractivity contribution in [1.29, 1.82) is 0 Å². The van der Waals surface area contributed by atoms with Crippen LogP contribution in [-0.4, -0.2) is 43.0 Å². The Morgan fingerprint density at radius 3 is 2.84 bits per heavy atom. The molecular weight excluding hydrogens is 258 g/mol. The average molecular weight is 281 g/mol. The van der Waals surface area contributed by atoms with E-state index in [9.17, 15) is 4.79 Å². The van der Waals surface area contributed by atoms with E-state index in [1.54, 1.807) is 11.8 Å². The maximum Gasteiger partial charge on any atom is 0.241 e. The summed E-state index contributed by atoms with van der Waals surface area (Å²) in [6.07, 6.45) is 2.71. The zero-order valence-corrected chi connectivity index (χ0v) is 12.7. The lowest BCUT2D eigenvalue weighted by Gasteiger charge is -2.14. The maximum absolute atomic E-state index is 11.9. The normalized spacial score (nSPS) is 12.5. The van der Waals surface area contributed by atoms with E-state index < -0.39 is 6.04 Å². The number of amides is 1. The number of carbonyl (C=O) groups excluding carboxylic acids is 1. The zero-order chi connectivity index (χ0) is 14.3. The molecule has 0 spiro atoms. The molecule has 3 N–H and O–H groups in total. The zero-order valence-electron chi connectivity index (χ0n) is 11.8. The van der Waals surface area contributed by atoms with Gasteiger partial charge in [0.2, 0.25) is 5.91 Å². The molecule has 0 aromatic heterocycles. The second-order valence-corrected chi connectivity index (χ2v) is 5.80. The molecule has 1 rings (SSSR count). The maximum atomic E-state index is 11.9. The number of benzene rings is 1. The van der Waals surface area contributed by atoms with E-state index in [-0.39, 0.29) is 5.91 Å². The van der Waals surface area contributed by atoms with Crippen LogP contribution in [0.4, 0.5) is 5.69 Å². The van der Waals surface area contributed by atoms with Gasteiger partial charge in [0.15, 0.2) is 0 Å². The third-order valence-electron chi connectivity index (χ3n) is 2.66. The molecule has 0 aliphatic heterocycles. The highest BCUT2D eigenvalue weighted by Crippen LogP contribution is 2.12. The fourth-order valence-corrected chi connectivity index (χ4v) is 2.21. The van der Waals surface area contributed by atoms with Gasteiger partial charge in [-0.3, -0.25) is 4.79 Å². The average Bonchev–Trinajstić information content (AvgIpc) is 2.35. The van der Waals surface area contributed by atoms with Crippen LogP contribution in [0.2, 0.25) is 0 Å². The van der Waals surface area contributed by atoms with E-state index in [2.05, 4.69) is 10.2 Å². The number of nitrogens with two attached hydrogens (primary N) is 1. The van der Waals surface area contributed by atoms with Gasteiger partial charge in [0, 0.05) is 12.2 Å². The lowest BCUT2D eigenvalue weighted by atomic mass is 10.1. The van der Waals surface area contributed by atoms with Gasteiger partial charge in [-0.2, -0.15) is 11.8 Å². The quantitative estimate of drug-likeness (QED) is 0.799. The van der Waals surface area contributed by atoms with Crippen molar-refractivity contribution < 1.29 is 4.79 Å². The van der Waals surface area contributed by atoms with Crippen LogP contribution < -0.4 is 11.1 Å². The van der Waals surface area contributed by atoms with Crippen molar-refractivity contribution in [2.45, 2.75) is 19.0 Å². The molecule has 0 aliphatic rings. The van der Waals surface area contributed by atoms with Crippen LogP contribution in [0.3, 0.4) is 0 Å². The van der Waals surface area contributed by atoms with Crippen molar-refractivity contribution in [2.24, 2.45) is 5.73 Å². The molecule has 0 aliphatic carbocycles. The molecule has 19 heavy (non-hydrogen) atoms. The molecule has 106 valence electrons. The van der Waals surface area contributed by atoms with E-state index in [0.717, 1.165) is 18.0 Å². The molecule has 1 aromatic rings. The van der Waals surface area contributed by atoms with Crippen LogP contribution in [-0.2, 0) is 11.3 Å². The summed E-state index contributed by atoms with van der Waals surface area (Å²) in [5.41, 5.74) is 7.81. The number of nitrogens with one attached hydrogen (secondary N) is 1. The molecule has 0 heterocycles. The summed E-state index contributed by atoms with van der Waals surface area (Å²) in [5, 5.41) is 2.87. The summed E-state index contributed by atoms with van der Waals surface area (Å²) in [5.74, 6) is 0.783. The molecule has 1 atom stereocenters. The van der Waals surface area contributed by atoms with Gasteiger partial charge in [-0.1, -0.05) is 12.1 Å². The van der Waals surface area contributed by atoms with Crippen molar-refractivity contribution in [3.8, 4) is 0 Å². The Bertz CT molecular complexity index is 409. The Kier molecular flexibility index (Phi) is 6.91. The number of nitrogens with zero attached hydrogens (tertiary/aromatic N) is 1. The first kappa shape index (κ1) is 16.0. The Morgan fingerprint density at radius 1 is 1.47 bits per heavy atom. The second-order valence-electron chi connectivity index (χ2n) is 4.82. The van der Waals surface area contributed by atoms with E-state index >= 15 is 0 Å². The number of carbonyl (C=O) groups is 1. The largest absolute Gasteiger partial charge is 0.325 e. The smallest absolute Gasteiger partial charge is 0.241 e. The fraction of sp³-hybridized carbons (Fsp3) is 0.500. The molecule has 0 unspecified atom stereocenters. The van der Waals surface area contributed by atoms with E-state index in [1.807, 2.05) is 44.6 Å². The van der Waals surface area contributed by atoms with Crippen LogP contribution in [0.5, 0.6) is 0 Å². The Balaban J connectivity index is 2.58. The summed E-state index contributed by atoms with van der Waals surface area (Å²) >= 11 is 1.70. The van der Waals surface area contributed by atoms with Gasteiger partial charge in [-0.25, -0.2) is 0 Å². The molecule has 0 radical (unpaired) electrons. The highest BCUT2D eigenvalue weighted by molar-refractivity contribution is 7.98. The molecule has 0 bridgehead atoms. The SMILES string of the molecule is CSCC[C@H](N)C(=O)Nc1cccc(CN(C)C)c1. The van der Waals surface area contributed by atoms with Gasteiger partial charge < -0.3 is 16.0 Å². The van der Waals surface area contributed by atoms with Gasteiger partial charge in [-0.05, 0) is 50.2 Å². The lowest BCUT2D eigenvalue weighted by molar-refractivity contribution is -0.117. The third kappa shape index (κ3) is 6.09. The Labute approximate surface area is 119 Å². The minimum absolute atomic E-state index is 0.115. The molecule has 1 amide bonds. The predicted molar refractivity (Wildman–Crippen MR) is 83.4 cm³/mol. The topological polar surface area (TPSA) is 58.4 Å². The summed E-state index contributed by atoms with van der Waals surface area (Å²) in [4.78, 5) is 14.0. The molecule has 5 heteroatoms. The van der Waals surface area contributed by atoms with E-state index in [1.165, 1.54) is 5.56 Å². The highest BCUT2D eigenvalue weighted by Gasteiger charge is 2.13. The minimum atomic E-state index is -0.440. The van der Waals surface area contributed by atoms with Crippen molar-refractivity contribution in [3.05, 3.63) is 29.8 Å². The molecule has 0 saturated heterocycles. The molecule has 1 aromatic carbocycles. The van der Waals surface area contributed by atoms with Gasteiger partial charge in [0.05, 0.1) is 6.04 Å². The predicted octanol–water partition coefficient (Wildman–Crippen LogP) is 1.77. The lowest BCUT2D eigenvalue weighted by Crippen LogP contribution is -2.36. The second kappa shape index (κ2) is 8.19. The van der Waals surface area contributed by atoms with Gasteiger partial charge in [0.25, 0.3) is 0 Å². The number of anilines is 1. The first-order valence-electron chi connectivity index (χ1n) is 6.32. The van der Waals surface area contributed by atoms with Crippen molar-refractivity contribution in [2.75, 3.05) is 31.4 Å². The number of hydrogen-bond donors (Lipinski definition) is 2. The standard InChI is InChI=1S/C14H23N3OS/c1-17(2)10-11-5-4-6-12(9-11)16-14(18)13(15)7-8-19-3/h4-6,9,13H,7-8,10,15H2,1-3H3,(H,16,18)/t13-/m0/s1. The highest BCUT2D eigenvalue weighted by atomic mass is 32.2. The molecule has 0 saturated carbocycles. The Morgan fingerprint density at radius 2 is 2.21 bits per heavy atom. The van der Waals surface area contributed by atoms with E-state index in [4.69, 9.17) is 5.73 Å². The van der Waals surface area contributed by atoms with Crippen molar-refractivity contribution >= 4 is 23.4 Å². The van der Waals surface area contributed by atoms with Crippen molar-refractivity contribution in [3.63, 3.8) is 0 Å². The molecule has 4 nitrogen and oxygen atoms in total. The molecular formula is C14H23N3OS. The Hall–Kier alpha value is -1.04. The number of rotatable bonds is 7. The first-order chi connectivity index (χ1) is 9.02.